The molecule has 23 heavy (non-hydrogen) atoms. The normalized spacial score (nSPS) is 11.8. The summed E-state index contributed by atoms with van der Waals surface area (Å²) in [4.78, 5) is 12.0. The maximum atomic E-state index is 12.0. The first-order chi connectivity index (χ1) is 11.0. The van der Waals surface area contributed by atoms with Crippen LogP contribution in [0.4, 0.5) is 5.69 Å². The summed E-state index contributed by atoms with van der Waals surface area (Å²) in [7, 11) is 0. The van der Waals surface area contributed by atoms with E-state index in [9.17, 15) is 4.79 Å². The first-order valence-electron chi connectivity index (χ1n) is 7.84. The number of aliphatic hydroxyl groups is 1. The van der Waals surface area contributed by atoms with Crippen molar-refractivity contribution in [2.75, 3.05) is 18.5 Å². The molecule has 1 atom stereocenters. The summed E-state index contributed by atoms with van der Waals surface area (Å²) >= 11 is 0. The molecule has 0 radical (unpaired) electrons. The molecule has 3 N–H and O–H groups in total. The summed E-state index contributed by atoms with van der Waals surface area (Å²) in [6.07, 6.45) is 0. The van der Waals surface area contributed by atoms with Gasteiger partial charge >= 0.3 is 0 Å². The van der Waals surface area contributed by atoms with Crippen LogP contribution in [0.15, 0.2) is 42.5 Å². The zero-order valence-corrected chi connectivity index (χ0v) is 13.9. The van der Waals surface area contributed by atoms with Gasteiger partial charge in [-0.2, -0.15) is 0 Å². The van der Waals surface area contributed by atoms with E-state index in [0.717, 1.165) is 5.69 Å². The number of rotatable bonds is 6. The van der Waals surface area contributed by atoms with E-state index in [1.807, 2.05) is 18.2 Å². The predicted octanol–water partition coefficient (Wildman–Crippen LogP) is 3.20. The van der Waals surface area contributed by atoms with Gasteiger partial charge in [0, 0.05) is 23.8 Å². The Morgan fingerprint density at radius 2 is 1.96 bits per heavy atom. The minimum Gasteiger partial charge on any atom is -0.395 e. The highest BCUT2D eigenvalue weighted by molar-refractivity contribution is 5.95. The highest BCUT2D eigenvalue weighted by Crippen LogP contribution is 2.23. The topological polar surface area (TPSA) is 61.4 Å². The average Bonchev–Trinajstić information content (AvgIpc) is 2.55. The standard InChI is InChI=1S/C19H24N2O2/c1-13-7-8-14(2)18(11-13)15(3)21-17-6-4-5-16(12-17)19(23)20-9-10-22/h4-8,11-12,15,21-22H,9-10H2,1-3H3,(H,20,23). The van der Waals surface area contributed by atoms with E-state index in [4.69, 9.17) is 5.11 Å². The molecule has 1 amide bonds. The fraction of sp³-hybridized carbons (Fsp3) is 0.316. The van der Waals surface area contributed by atoms with E-state index < -0.39 is 0 Å². The lowest BCUT2D eigenvalue weighted by Gasteiger charge is -2.19. The second-order valence-corrected chi connectivity index (χ2v) is 5.79. The summed E-state index contributed by atoms with van der Waals surface area (Å²) in [6.45, 7) is 6.50. The Labute approximate surface area is 137 Å². The maximum absolute atomic E-state index is 12.0. The predicted molar refractivity (Wildman–Crippen MR) is 93.8 cm³/mol. The molecule has 0 aliphatic heterocycles. The van der Waals surface area contributed by atoms with Crippen molar-refractivity contribution in [3.8, 4) is 0 Å². The van der Waals surface area contributed by atoms with Gasteiger partial charge < -0.3 is 15.7 Å². The van der Waals surface area contributed by atoms with Crippen molar-refractivity contribution in [1.29, 1.82) is 0 Å². The van der Waals surface area contributed by atoms with E-state index in [1.165, 1.54) is 16.7 Å². The number of anilines is 1. The SMILES string of the molecule is Cc1ccc(C)c(C(C)Nc2cccc(C(=O)NCCO)c2)c1. The quantitative estimate of drug-likeness (QED) is 0.767. The van der Waals surface area contributed by atoms with Crippen molar-refractivity contribution in [3.63, 3.8) is 0 Å². The maximum Gasteiger partial charge on any atom is 0.251 e. The second-order valence-electron chi connectivity index (χ2n) is 5.79. The average molecular weight is 312 g/mol. The number of nitrogens with one attached hydrogen (secondary N) is 2. The Kier molecular flexibility index (Phi) is 5.77. The Hall–Kier alpha value is -2.33. The fourth-order valence-corrected chi connectivity index (χ4v) is 2.58. The number of aliphatic hydroxyl groups excluding tert-OH is 1. The van der Waals surface area contributed by atoms with Crippen LogP contribution in [-0.2, 0) is 0 Å². The zero-order valence-electron chi connectivity index (χ0n) is 13.9. The van der Waals surface area contributed by atoms with Gasteiger partial charge in [-0.05, 0) is 50.1 Å². The molecule has 0 bridgehead atoms. The number of benzene rings is 2. The Morgan fingerprint density at radius 3 is 2.70 bits per heavy atom. The Balaban J connectivity index is 2.13. The molecule has 4 heteroatoms. The lowest BCUT2D eigenvalue weighted by atomic mass is 9.99. The Bertz CT molecular complexity index is 683. The third kappa shape index (κ3) is 4.57. The summed E-state index contributed by atoms with van der Waals surface area (Å²) in [5.74, 6) is -0.179. The van der Waals surface area contributed by atoms with Crippen LogP contribution in [-0.4, -0.2) is 24.2 Å². The number of amides is 1. The molecule has 0 aliphatic carbocycles. The van der Waals surface area contributed by atoms with Crippen molar-refractivity contribution in [2.24, 2.45) is 0 Å². The van der Waals surface area contributed by atoms with Crippen LogP contribution < -0.4 is 10.6 Å². The smallest absolute Gasteiger partial charge is 0.251 e. The third-order valence-electron chi connectivity index (χ3n) is 3.81. The minimum absolute atomic E-state index is 0.0622. The van der Waals surface area contributed by atoms with Crippen LogP contribution in [0.5, 0.6) is 0 Å². The van der Waals surface area contributed by atoms with Gasteiger partial charge in [0.05, 0.1) is 6.61 Å². The molecule has 2 aromatic rings. The molecule has 0 saturated carbocycles. The van der Waals surface area contributed by atoms with Gasteiger partial charge in [-0.25, -0.2) is 0 Å². The van der Waals surface area contributed by atoms with Crippen LogP contribution in [0.25, 0.3) is 0 Å². The monoisotopic (exact) mass is 312 g/mol. The van der Waals surface area contributed by atoms with Crippen LogP contribution in [0, 0.1) is 13.8 Å². The molecule has 2 aromatic carbocycles. The van der Waals surface area contributed by atoms with Crippen molar-refractivity contribution < 1.29 is 9.90 Å². The molecule has 0 saturated heterocycles. The number of carbonyl (C=O) groups is 1. The molecular weight excluding hydrogens is 288 g/mol. The van der Waals surface area contributed by atoms with E-state index in [2.05, 4.69) is 49.6 Å². The van der Waals surface area contributed by atoms with Crippen molar-refractivity contribution in [3.05, 3.63) is 64.7 Å². The molecule has 0 heterocycles. The molecule has 2 rings (SSSR count). The van der Waals surface area contributed by atoms with Crippen molar-refractivity contribution >= 4 is 11.6 Å². The molecular formula is C19H24N2O2. The summed E-state index contributed by atoms with van der Waals surface area (Å²) < 4.78 is 0. The van der Waals surface area contributed by atoms with E-state index in [0.29, 0.717) is 5.56 Å². The van der Waals surface area contributed by atoms with Gasteiger partial charge in [-0.1, -0.05) is 29.8 Å². The van der Waals surface area contributed by atoms with Gasteiger partial charge in [0.25, 0.3) is 5.91 Å². The van der Waals surface area contributed by atoms with E-state index in [1.54, 1.807) is 6.07 Å². The summed E-state index contributed by atoms with van der Waals surface area (Å²) in [5, 5.41) is 14.9. The molecule has 122 valence electrons. The molecule has 1 unspecified atom stereocenters. The van der Waals surface area contributed by atoms with Gasteiger partial charge in [0.15, 0.2) is 0 Å². The summed E-state index contributed by atoms with van der Waals surface area (Å²) in [6, 6.07) is 14.0. The summed E-state index contributed by atoms with van der Waals surface area (Å²) in [5.41, 5.74) is 5.20. The van der Waals surface area contributed by atoms with E-state index in [-0.39, 0.29) is 25.1 Å². The largest absolute Gasteiger partial charge is 0.395 e. The van der Waals surface area contributed by atoms with E-state index >= 15 is 0 Å². The first kappa shape index (κ1) is 17.0. The number of carbonyl (C=O) groups excluding carboxylic acids is 1. The Morgan fingerprint density at radius 1 is 1.17 bits per heavy atom. The lowest BCUT2D eigenvalue weighted by molar-refractivity contribution is 0.0945. The van der Waals surface area contributed by atoms with Crippen LogP contribution in [0.3, 0.4) is 0 Å². The van der Waals surface area contributed by atoms with Gasteiger partial charge in [-0.15, -0.1) is 0 Å². The molecule has 4 nitrogen and oxygen atoms in total. The van der Waals surface area contributed by atoms with Crippen LogP contribution in [0.2, 0.25) is 0 Å². The highest BCUT2D eigenvalue weighted by Gasteiger charge is 2.10. The fourth-order valence-electron chi connectivity index (χ4n) is 2.58. The second kappa shape index (κ2) is 7.79. The van der Waals surface area contributed by atoms with Gasteiger partial charge in [0.1, 0.15) is 0 Å². The van der Waals surface area contributed by atoms with Crippen LogP contribution in [0.1, 0.15) is 40.0 Å². The molecule has 0 aliphatic rings. The third-order valence-corrected chi connectivity index (χ3v) is 3.81. The van der Waals surface area contributed by atoms with Crippen LogP contribution >= 0.6 is 0 Å². The van der Waals surface area contributed by atoms with Gasteiger partial charge in [-0.3, -0.25) is 4.79 Å². The number of hydrogen-bond donors (Lipinski definition) is 3. The number of hydrogen-bond acceptors (Lipinski definition) is 3. The van der Waals surface area contributed by atoms with Crippen molar-refractivity contribution in [2.45, 2.75) is 26.8 Å². The molecule has 0 aromatic heterocycles. The first-order valence-corrected chi connectivity index (χ1v) is 7.84. The highest BCUT2D eigenvalue weighted by atomic mass is 16.3. The number of aryl methyl sites for hydroxylation is 2. The van der Waals surface area contributed by atoms with Crippen molar-refractivity contribution in [1.82, 2.24) is 5.32 Å². The van der Waals surface area contributed by atoms with Gasteiger partial charge in [0.2, 0.25) is 0 Å². The molecule has 0 fully saturated rings. The lowest BCUT2D eigenvalue weighted by Crippen LogP contribution is -2.26. The molecule has 0 spiro atoms. The minimum atomic E-state index is -0.179. The zero-order chi connectivity index (χ0) is 16.8.